The summed E-state index contributed by atoms with van der Waals surface area (Å²) in [6.45, 7) is 3.66. The second kappa shape index (κ2) is 11.3. The Morgan fingerprint density at radius 1 is 0.949 bits per heavy atom. The minimum Gasteiger partial charge on any atom is -0.346 e. The Kier molecular flexibility index (Phi) is 8.44. The van der Waals surface area contributed by atoms with Crippen LogP contribution >= 0.6 is 0 Å². The van der Waals surface area contributed by atoms with Gasteiger partial charge in [0.2, 0.25) is 5.91 Å². The first kappa shape index (κ1) is 29.1. The number of nitrogens with one attached hydrogen (secondary N) is 1. The van der Waals surface area contributed by atoms with Crippen molar-refractivity contribution >= 4 is 11.7 Å². The van der Waals surface area contributed by atoms with Gasteiger partial charge in [-0.25, -0.2) is 0 Å². The number of hydrogen-bond acceptors (Lipinski definition) is 3. The molecule has 1 saturated carbocycles. The van der Waals surface area contributed by atoms with Crippen LogP contribution in [0.25, 0.3) is 0 Å². The molecule has 4 nitrogen and oxygen atoms in total. The lowest BCUT2D eigenvalue weighted by atomic mass is 9.72. The molecule has 2 aromatic rings. The third kappa shape index (κ3) is 7.01. The molecule has 1 saturated heterocycles. The van der Waals surface area contributed by atoms with Gasteiger partial charge in [0.25, 0.3) is 0 Å². The Morgan fingerprint density at radius 2 is 1.49 bits per heavy atom. The van der Waals surface area contributed by atoms with Gasteiger partial charge in [0.15, 0.2) is 0 Å². The minimum atomic E-state index is -4.99. The third-order valence-electron chi connectivity index (χ3n) is 8.08. The number of halogens is 6. The van der Waals surface area contributed by atoms with E-state index in [9.17, 15) is 35.9 Å². The summed E-state index contributed by atoms with van der Waals surface area (Å²) in [5.74, 6) is -1.22. The zero-order valence-corrected chi connectivity index (χ0v) is 21.7. The Balaban J connectivity index is 1.54. The maximum absolute atomic E-state index is 13.4. The molecule has 10 heteroatoms. The number of benzene rings is 2. The van der Waals surface area contributed by atoms with E-state index in [0.29, 0.717) is 43.7 Å². The van der Waals surface area contributed by atoms with E-state index in [1.54, 1.807) is 0 Å². The summed E-state index contributed by atoms with van der Waals surface area (Å²) in [6.07, 6.45) is -6.12. The average molecular weight is 555 g/mol. The summed E-state index contributed by atoms with van der Waals surface area (Å²) in [5, 5.41) is 3.03. The minimum absolute atomic E-state index is 0.0686. The lowest BCUT2D eigenvalue weighted by Gasteiger charge is -2.43. The van der Waals surface area contributed by atoms with Gasteiger partial charge in [0, 0.05) is 32.5 Å². The number of rotatable bonds is 6. The Labute approximate surface area is 223 Å². The number of carbonyl (C=O) groups is 2. The monoisotopic (exact) mass is 554 g/mol. The summed E-state index contributed by atoms with van der Waals surface area (Å²) in [5.41, 5.74) is -3.15. The van der Waals surface area contributed by atoms with E-state index in [0.717, 1.165) is 38.0 Å². The molecule has 0 spiro atoms. The summed E-state index contributed by atoms with van der Waals surface area (Å²) in [6, 6.07) is 10.6. The van der Waals surface area contributed by atoms with Crippen LogP contribution in [0.1, 0.15) is 73.6 Å². The summed E-state index contributed by atoms with van der Waals surface area (Å²) >= 11 is 0. The van der Waals surface area contributed by atoms with E-state index in [-0.39, 0.29) is 17.4 Å². The molecule has 0 radical (unpaired) electrons. The fourth-order valence-electron chi connectivity index (χ4n) is 5.67. The maximum atomic E-state index is 13.4. The first-order valence-corrected chi connectivity index (χ1v) is 13.2. The van der Waals surface area contributed by atoms with Gasteiger partial charge in [-0.1, -0.05) is 30.3 Å². The van der Waals surface area contributed by atoms with Gasteiger partial charge < -0.3 is 10.2 Å². The lowest BCUT2D eigenvalue weighted by molar-refractivity contribution is -0.143. The summed E-state index contributed by atoms with van der Waals surface area (Å²) in [7, 11) is 0. The van der Waals surface area contributed by atoms with Gasteiger partial charge in [0.05, 0.1) is 22.6 Å². The zero-order chi connectivity index (χ0) is 28.4. The van der Waals surface area contributed by atoms with E-state index in [4.69, 9.17) is 0 Å². The zero-order valence-electron chi connectivity index (χ0n) is 21.7. The molecule has 4 rings (SSSR count). The molecule has 0 aromatic heterocycles. The van der Waals surface area contributed by atoms with Crippen LogP contribution in [0.15, 0.2) is 48.5 Å². The average Bonchev–Trinajstić information content (AvgIpc) is 2.90. The van der Waals surface area contributed by atoms with Crippen molar-refractivity contribution in [2.75, 3.05) is 19.6 Å². The number of carbonyl (C=O) groups excluding carboxylic acids is 2. The fourth-order valence-corrected chi connectivity index (χ4v) is 5.67. The number of hydrogen-bond donors (Lipinski definition) is 1. The Morgan fingerprint density at radius 3 is 2.00 bits per heavy atom. The first-order chi connectivity index (χ1) is 18.3. The maximum Gasteiger partial charge on any atom is 0.416 e. The molecular weight excluding hydrogens is 522 g/mol. The molecule has 1 unspecified atom stereocenters. The second-order valence-corrected chi connectivity index (χ2v) is 10.8. The van der Waals surface area contributed by atoms with Crippen molar-refractivity contribution in [2.45, 2.75) is 69.3 Å². The van der Waals surface area contributed by atoms with Gasteiger partial charge in [-0.2, -0.15) is 26.3 Å². The molecule has 39 heavy (non-hydrogen) atoms. The van der Waals surface area contributed by atoms with E-state index >= 15 is 0 Å². The summed E-state index contributed by atoms with van der Waals surface area (Å²) < 4.78 is 80.3. The highest BCUT2D eigenvalue weighted by atomic mass is 19.4. The van der Waals surface area contributed by atoms with Crippen LogP contribution in [0.2, 0.25) is 0 Å². The highest BCUT2D eigenvalue weighted by molar-refractivity contribution is 5.84. The number of amides is 1. The molecule has 2 aromatic carbocycles. The van der Waals surface area contributed by atoms with Crippen LogP contribution in [-0.2, 0) is 27.5 Å². The first-order valence-electron chi connectivity index (χ1n) is 13.2. The second-order valence-electron chi connectivity index (χ2n) is 10.8. The van der Waals surface area contributed by atoms with Crippen LogP contribution in [0.4, 0.5) is 26.3 Å². The number of Topliss-reactive ketones (excluding diaryl/α,β-unsaturated/α-hetero) is 1. The summed E-state index contributed by atoms with van der Waals surface area (Å²) in [4.78, 5) is 27.3. The van der Waals surface area contributed by atoms with Gasteiger partial charge in [-0.05, 0) is 67.9 Å². The van der Waals surface area contributed by atoms with Gasteiger partial charge in [-0.15, -0.1) is 0 Å². The van der Waals surface area contributed by atoms with E-state index in [2.05, 4.69) is 10.2 Å². The van der Waals surface area contributed by atoms with E-state index < -0.39 is 40.8 Å². The molecular formula is C29H32F6N2O2. The quantitative estimate of drug-likeness (QED) is 0.405. The molecule has 2 aliphatic rings. The largest absolute Gasteiger partial charge is 0.416 e. The number of alkyl halides is 6. The van der Waals surface area contributed by atoms with Crippen LogP contribution in [0.5, 0.6) is 0 Å². The molecule has 2 fully saturated rings. The van der Waals surface area contributed by atoms with Gasteiger partial charge in [0.1, 0.15) is 5.78 Å². The SMILES string of the molecule is CC(C(=O)N[C@]1(c2ccccc2)CC[C@@H](CN2CCC(=O)CC2)CC1)c1cc(C(F)(F)F)cc(C(F)(F)F)c1. The Bertz CT molecular complexity index is 1130. The highest BCUT2D eigenvalue weighted by Gasteiger charge is 2.41. The topological polar surface area (TPSA) is 49.4 Å². The highest BCUT2D eigenvalue weighted by Crippen LogP contribution is 2.42. The van der Waals surface area contributed by atoms with Crippen molar-refractivity contribution in [1.29, 1.82) is 0 Å². The lowest BCUT2D eigenvalue weighted by Crippen LogP contribution is -2.50. The molecule has 1 aliphatic heterocycles. The molecule has 1 N–H and O–H groups in total. The molecule has 1 atom stereocenters. The van der Waals surface area contributed by atoms with Crippen LogP contribution in [-0.4, -0.2) is 36.2 Å². The predicted octanol–water partition coefficient (Wildman–Crippen LogP) is 6.69. The Hall–Kier alpha value is -2.88. The van der Waals surface area contributed by atoms with Gasteiger partial charge in [-0.3, -0.25) is 9.59 Å². The van der Waals surface area contributed by atoms with E-state index in [1.807, 2.05) is 30.3 Å². The van der Waals surface area contributed by atoms with Gasteiger partial charge >= 0.3 is 12.4 Å². The van der Waals surface area contributed by atoms with Crippen LogP contribution < -0.4 is 5.32 Å². The van der Waals surface area contributed by atoms with Crippen LogP contribution in [0, 0.1) is 5.92 Å². The molecule has 212 valence electrons. The van der Waals surface area contributed by atoms with E-state index in [1.165, 1.54) is 6.92 Å². The van der Waals surface area contributed by atoms with Crippen molar-refractivity contribution in [3.63, 3.8) is 0 Å². The molecule has 1 aliphatic carbocycles. The van der Waals surface area contributed by atoms with Crippen molar-refractivity contribution < 1.29 is 35.9 Å². The number of piperidine rings is 1. The molecule has 1 amide bonds. The predicted molar refractivity (Wildman–Crippen MR) is 134 cm³/mol. The standard InChI is InChI=1S/C29H32F6N2O2/c1-19(21-15-23(28(30,31)32)17-24(16-21)29(33,34)35)26(39)36-27(22-5-3-2-4-6-22)11-7-20(8-12-27)18-37-13-9-25(38)10-14-37/h2-6,15-17,19-20H,7-14,18H2,1H3,(H,36,39)/t19?,20-,27-. The normalized spacial score (nSPS) is 23.9. The molecule has 1 heterocycles. The fraction of sp³-hybridized carbons (Fsp3) is 0.517. The van der Waals surface area contributed by atoms with Crippen molar-refractivity contribution in [3.05, 3.63) is 70.8 Å². The van der Waals surface area contributed by atoms with Crippen molar-refractivity contribution in [3.8, 4) is 0 Å². The van der Waals surface area contributed by atoms with Crippen LogP contribution in [0.3, 0.4) is 0 Å². The van der Waals surface area contributed by atoms with Crippen molar-refractivity contribution in [1.82, 2.24) is 10.2 Å². The molecule has 0 bridgehead atoms. The number of likely N-dealkylation sites (tertiary alicyclic amines) is 1. The third-order valence-corrected chi connectivity index (χ3v) is 8.08. The van der Waals surface area contributed by atoms with Crippen molar-refractivity contribution in [2.24, 2.45) is 5.92 Å². The number of nitrogens with zero attached hydrogens (tertiary/aromatic N) is 1. The smallest absolute Gasteiger partial charge is 0.346 e. The number of ketones is 1.